The number of phenols is 1. The summed E-state index contributed by atoms with van der Waals surface area (Å²) in [6.45, 7) is 4.76. The number of phenolic OH excluding ortho intramolecular Hbond substituents is 1. The number of nitrogens with zero attached hydrogens (tertiary/aromatic N) is 2. The van der Waals surface area contributed by atoms with Crippen molar-refractivity contribution in [3.8, 4) is 11.5 Å². The molecule has 5 rings (SSSR count). The van der Waals surface area contributed by atoms with Crippen LogP contribution in [0.15, 0.2) is 24.8 Å². The second kappa shape index (κ2) is 6.89. The van der Waals surface area contributed by atoms with E-state index in [9.17, 15) is 27.7 Å². The zero-order valence-corrected chi connectivity index (χ0v) is 17.9. The van der Waals surface area contributed by atoms with Crippen LogP contribution in [0.4, 0.5) is 3.89 Å². The number of hydrogen-bond acceptors (Lipinski definition) is 8. The van der Waals surface area contributed by atoms with E-state index in [1.165, 1.54) is 0 Å². The van der Waals surface area contributed by atoms with Gasteiger partial charge in [-0.05, 0) is 43.9 Å². The molecule has 170 valence electrons. The third-order valence-corrected chi connectivity index (χ3v) is 8.52. The summed E-state index contributed by atoms with van der Waals surface area (Å²) in [6.07, 6.45) is 2.99. The molecule has 1 saturated carbocycles. The summed E-state index contributed by atoms with van der Waals surface area (Å²) >= 11 is 0. The lowest BCUT2D eigenvalue weighted by molar-refractivity contribution is -0.232. The first kappa shape index (κ1) is 21.1. The number of halogens is 1. The lowest BCUT2D eigenvalue weighted by atomic mass is 9.48. The van der Waals surface area contributed by atoms with E-state index < -0.39 is 45.7 Å². The first-order valence-corrected chi connectivity index (χ1v) is 12.1. The smallest absolute Gasteiger partial charge is 0.303 e. The van der Waals surface area contributed by atoms with E-state index in [1.807, 2.05) is 12.1 Å². The fourth-order valence-electron chi connectivity index (χ4n) is 6.66. The number of aromatic hydroxyl groups is 1. The van der Waals surface area contributed by atoms with Crippen LogP contribution < -0.4 is 4.74 Å². The van der Waals surface area contributed by atoms with Crippen LogP contribution in [0.1, 0.15) is 30.4 Å². The third-order valence-electron chi connectivity index (χ3n) is 7.85. The molecule has 2 heterocycles. The van der Waals surface area contributed by atoms with E-state index in [0.717, 1.165) is 16.2 Å². The topological polar surface area (TPSA) is 111 Å². The van der Waals surface area contributed by atoms with Crippen LogP contribution in [0.2, 0.25) is 0 Å². The summed E-state index contributed by atoms with van der Waals surface area (Å²) in [7, 11) is -4.74. The van der Waals surface area contributed by atoms with Gasteiger partial charge in [-0.15, -0.1) is 10.5 Å². The molecule has 2 bridgehead atoms. The van der Waals surface area contributed by atoms with Crippen molar-refractivity contribution in [1.29, 1.82) is 0 Å². The maximum Gasteiger partial charge on any atom is 0.303 e. The molecule has 0 amide bonds. The highest BCUT2D eigenvalue weighted by atomic mass is 32.3. The van der Waals surface area contributed by atoms with Crippen molar-refractivity contribution in [2.75, 3.05) is 25.4 Å². The van der Waals surface area contributed by atoms with Crippen LogP contribution >= 0.6 is 0 Å². The van der Waals surface area contributed by atoms with Gasteiger partial charge in [-0.3, -0.25) is 4.90 Å². The zero-order chi connectivity index (χ0) is 22.2. The zero-order valence-electron chi connectivity index (χ0n) is 17.1. The number of benzene rings is 1. The predicted octanol–water partition coefficient (Wildman–Crippen LogP) is 1.09. The number of ether oxygens (including phenoxy) is 1. The summed E-state index contributed by atoms with van der Waals surface area (Å²) in [4.78, 5) is 2.22. The van der Waals surface area contributed by atoms with Gasteiger partial charge in [0.05, 0.1) is 22.8 Å². The molecule has 4 aliphatic rings. The number of hydrogen-bond donors (Lipinski definition) is 3. The molecule has 31 heavy (non-hydrogen) atoms. The number of piperidine rings is 1. The highest BCUT2D eigenvalue weighted by Gasteiger charge is 2.73. The van der Waals surface area contributed by atoms with Gasteiger partial charge in [0.15, 0.2) is 11.5 Å². The Morgan fingerprint density at radius 3 is 2.87 bits per heavy atom. The Balaban J connectivity index is 1.61. The van der Waals surface area contributed by atoms with Gasteiger partial charge in [-0.2, -0.15) is 13.5 Å². The summed E-state index contributed by atoms with van der Waals surface area (Å²) in [6, 6.07) is 2.63. The van der Waals surface area contributed by atoms with Crippen LogP contribution in [0, 0.1) is 0 Å². The predicted molar refractivity (Wildman–Crippen MR) is 109 cm³/mol. The SMILES string of the molecule is C=CCN1CC[C@]23c4c5ccc(O)c4OC2[C@H](N(O)CCS(=O)(=O)F)CC[C@@]3(O)C1C5. The van der Waals surface area contributed by atoms with Crippen LogP contribution in [-0.4, -0.2) is 83.0 Å². The molecule has 1 aromatic carbocycles. The van der Waals surface area contributed by atoms with Crippen LogP contribution in [0.25, 0.3) is 0 Å². The van der Waals surface area contributed by atoms with Gasteiger partial charge in [-0.25, -0.2) is 0 Å². The molecule has 2 aliphatic heterocycles. The molecule has 5 atom stereocenters. The average Bonchev–Trinajstić information content (AvgIpc) is 3.05. The molecule has 0 aromatic heterocycles. The van der Waals surface area contributed by atoms with Gasteiger partial charge < -0.3 is 20.2 Å². The largest absolute Gasteiger partial charge is 0.504 e. The molecule has 8 nitrogen and oxygen atoms in total. The van der Waals surface area contributed by atoms with Gasteiger partial charge in [0, 0.05) is 24.7 Å². The van der Waals surface area contributed by atoms with Gasteiger partial charge >= 0.3 is 10.2 Å². The van der Waals surface area contributed by atoms with Crippen molar-refractivity contribution < 1.29 is 32.5 Å². The van der Waals surface area contributed by atoms with Gasteiger partial charge in [0.1, 0.15) is 6.10 Å². The lowest BCUT2D eigenvalue weighted by Crippen LogP contribution is -2.78. The third kappa shape index (κ3) is 2.82. The minimum atomic E-state index is -4.74. The molecular formula is C21H27FN2O6S. The standard InChI is InChI=1S/C21H27FN2O6S/c1-2-8-23-9-7-20-17-13-3-4-15(25)18(17)30-19(20)14(24(27)10-11-31(22,28)29)5-6-21(20,26)16(23)12-13/h2-4,14,16,19,25-27H,1,5-12H2/t14-,16?,19?,20+,21-/m1/s1. The van der Waals surface area contributed by atoms with Crippen molar-refractivity contribution in [3.63, 3.8) is 0 Å². The molecule has 1 saturated heterocycles. The Morgan fingerprint density at radius 1 is 1.39 bits per heavy atom. The second-order valence-electron chi connectivity index (χ2n) is 9.15. The molecule has 10 heteroatoms. The maximum absolute atomic E-state index is 13.1. The average molecular weight is 455 g/mol. The molecular weight excluding hydrogens is 427 g/mol. The molecule has 2 aliphatic carbocycles. The van der Waals surface area contributed by atoms with Crippen LogP contribution in [0.3, 0.4) is 0 Å². The van der Waals surface area contributed by atoms with Gasteiger partial charge in [0.2, 0.25) is 0 Å². The van der Waals surface area contributed by atoms with Gasteiger partial charge in [-0.1, -0.05) is 12.1 Å². The van der Waals surface area contributed by atoms with E-state index in [-0.39, 0.29) is 11.8 Å². The Labute approximate surface area is 180 Å². The minimum absolute atomic E-state index is 0.0218. The first-order chi connectivity index (χ1) is 14.6. The Bertz CT molecular complexity index is 1030. The van der Waals surface area contributed by atoms with Crippen LogP contribution in [0.5, 0.6) is 11.5 Å². The van der Waals surface area contributed by atoms with E-state index in [0.29, 0.717) is 44.5 Å². The highest BCUT2D eigenvalue weighted by Crippen LogP contribution is 2.65. The Kier molecular flexibility index (Phi) is 4.70. The van der Waals surface area contributed by atoms with Crippen LogP contribution in [-0.2, 0) is 22.1 Å². The highest BCUT2D eigenvalue weighted by molar-refractivity contribution is 7.86. The molecule has 2 unspecified atom stereocenters. The fourth-order valence-corrected chi connectivity index (χ4v) is 7.07. The number of rotatable bonds is 6. The Morgan fingerprint density at radius 2 is 2.16 bits per heavy atom. The molecule has 0 radical (unpaired) electrons. The van der Waals surface area contributed by atoms with E-state index in [1.54, 1.807) is 6.07 Å². The van der Waals surface area contributed by atoms with Crippen molar-refractivity contribution in [3.05, 3.63) is 35.9 Å². The molecule has 1 aromatic rings. The number of hydroxylamine groups is 2. The first-order valence-electron chi connectivity index (χ1n) is 10.6. The summed E-state index contributed by atoms with van der Waals surface area (Å²) < 4.78 is 41.3. The second-order valence-corrected chi connectivity index (χ2v) is 10.6. The number of aliphatic hydroxyl groups is 1. The van der Waals surface area contributed by atoms with Gasteiger partial charge in [0.25, 0.3) is 0 Å². The van der Waals surface area contributed by atoms with Crippen molar-refractivity contribution in [1.82, 2.24) is 9.96 Å². The lowest BCUT2D eigenvalue weighted by Gasteiger charge is -2.64. The van der Waals surface area contributed by atoms with Crippen molar-refractivity contribution in [2.24, 2.45) is 0 Å². The molecule has 2 fully saturated rings. The van der Waals surface area contributed by atoms with E-state index in [4.69, 9.17) is 4.74 Å². The summed E-state index contributed by atoms with van der Waals surface area (Å²) in [5.74, 6) is -0.523. The normalized spacial score (nSPS) is 36.2. The summed E-state index contributed by atoms with van der Waals surface area (Å²) in [5.41, 5.74) is -0.204. The summed E-state index contributed by atoms with van der Waals surface area (Å²) in [5, 5.41) is 34.2. The molecule has 1 spiro atoms. The quantitative estimate of drug-likeness (QED) is 0.333. The van der Waals surface area contributed by atoms with E-state index >= 15 is 0 Å². The maximum atomic E-state index is 13.1. The van der Waals surface area contributed by atoms with Crippen molar-refractivity contribution in [2.45, 2.75) is 54.9 Å². The molecule has 3 N–H and O–H groups in total. The minimum Gasteiger partial charge on any atom is -0.504 e. The monoisotopic (exact) mass is 454 g/mol. The van der Waals surface area contributed by atoms with E-state index in [2.05, 4.69) is 11.5 Å². The fraction of sp³-hybridized carbons (Fsp3) is 0.619. The number of likely N-dealkylation sites (tertiary alicyclic amines) is 1. The Hall–Kier alpha value is -1.72. The van der Waals surface area contributed by atoms with Crippen molar-refractivity contribution >= 4 is 10.2 Å².